The maximum atomic E-state index is 12.2. The van der Waals surface area contributed by atoms with Gasteiger partial charge in [-0.25, -0.2) is 0 Å². The van der Waals surface area contributed by atoms with Crippen LogP contribution in [0.3, 0.4) is 0 Å². The first-order chi connectivity index (χ1) is 11.1. The number of carbonyl (C=O) groups excluding carboxylic acids is 1. The van der Waals surface area contributed by atoms with E-state index in [9.17, 15) is 4.79 Å². The Kier molecular flexibility index (Phi) is 5.59. The molecule has 0 fully saturated rings. The van der Waals surface area contributed by atoms with Crippen LogP contribution >= 0.6 is 0 Å². The van der Waals surface area contributed by atoms with Crippen LogP contribution in [-0.2, 0) is 4.79 Å². The molecule has 2 rings (SSSR count). The number of nitriles is 1. The number of ether oxygens (including phenoxy) is 2. The summed E-state index contributed by atoms with van der Waals surface area (Å²) >= 11 is 0. The summed E-state index contributed by atoms with van der Waals surface area (Å²) in [5.41, 5.74) is 0.885. The average Bonchev–Trinajstić information content (AvgIpc) is 2.57. The minimum absolute atomic E-state index is 0.318. The van der Waals surface area contributed by atoms with Crippen molar-refractivity contribution in [2.24, 2.45) is 0 Å². The molecule has 1 N–H and O–H groups in total. The predicted octanol–water partition coefficient (Wildman–Crippen LogP) is 3.36. The number of hydrogen-bond donors (Lipinski definition) is 1. The van der Waals surface area contributed by atoms with Gasteiger partial charge in [0.15, 0.2) is 6.10 Å². The van der Waals surface area contributed by atoms with Gasteiger partial charge >= 0.3 is 0 Å². The van der Waals surface area contributed by atoms with Crippen LogP contribution in [-0.4, -0.2) is 18.6 Å². The molecule has 0 aliphatic heterocycles. The van der Waals surface area contributed by atoms with Gasteiger partial charge in [0.25, 0.3) is 5.91 Å². The molecule has 0 bridgehead atoms. The molecule has 5 heteroatoms. The fraction of sp³-hybridized carbons (Fsp3) is 0.222. The van der Waals surface area contributed by atoms with Crippen molar-refractivity contribution < 1.29 is 14.3 Å². The lowest BCUT2D eigenvalue weighted by Crippen LogP contribution is -2.30. The quantitative estimate of drug-likeness (QED) is 0.888. The molecule has 0 aromatic heterocycles. The van der Waals surface area contributed by atoms with Crippen molar-refractivity contribution in [2.75, 3.05) is 11.9 Å². The Morgan fingerprint density at radius 2 is 1.83 bits per heavy atom. The first-order valence-corrected chi connectivity index (χ1v) is 7.33. The highest BCUT2D eigenvalue weighted by Crippen LogP contribution is 2.19. The molecule has 0 saturated carbocycles. The standard InChI is InChI=1S/C18H18N2O3/c1-3-22-15-8-10-16(11-9-15)23-13(2)18(21)20-17-7-5-4-6-14(17)12-19/h4-11,13H,3H2,1-2H3,(H,20,21)/t13-/m1/s1. The summed E-state index contributed by atoms with van der Waals surface area (Å²) in [4.78, 5) is 12.2. The third-order valence-electron chi connectivity index (χ3n) is 3.12. The maximum absolute atomic E-state index is 12.2. The van der Waals surface area contributed by atoms with E-state index in [1.165, 1.54) is 0 Å². The molecule has 2 aromatic rings. The van der Waals surface area contributed by atoms with Crippen molar-refractivity contribution in [3.63, 3.8) is 0 Å². The summed E-state index contributed by atoms with van der Waals surface area (Å²) in [6, 6.07) is 15.9. The summed E-state index contributed by atoms with van der Waals surface area (Å²) < 4.78 is 11.0. The van der Waals surface area contributed by atoms with Crippen LogP contribution in [0.1, 0.15) is 19.4 Å². The van der Waals surface area contributed by atoms with Gasteiger partial charge in [-0.2, -0.15) is 5.26 Å². The molecule has 0 spiro atoms. The molecule has 0 aliphatic rings. The third kappa shape index (κ3) is 4.48. The van der Waals surface area contributed by atoms with Gasteiger partial charge in [-0.1, -0.05) is 12.1 Å². The van der Waals surface area contributed by atoms with Crippen LogP contribution in [0.15, 0.2) is 48.5 Å². The van der Waals surface area contributed by atoms with E-state index < -0.39 is 6.10 Å². The second-order valence-corrected chi connectivity index (χ2v) is 4.81. The van der Waals surface area contributed by atoms with E-state index in [-0.39, 0.29) is 5.91 Å². The summed E-state index contributed by atoms with van der Waals surface area (Å²) in [6.45, 7) is 4.16. The Morgan fingerprint density at radius 1 is 1.17 bits per heavy atom. The molecule has 23 heavy (non-hydrogen) atoms. The molecule has 5 nitrogen and oxygen atoms in total. The van der Waals surface area contributed by atoms with Gasteiger partial charge in [0.1, 0.15) is 17.6 Å². The minimum atomic E-state index is -0.695. The highest BCUT2D eigenvalue weighted by Gasteiger charge is 2.16. The number of nitrogens with one attached hydrogen (secondary N) is 1. The first kappa shape index (κ1) is 16.4. The number of carbonyl (C=O) groups is 1. The Hall–Kier alpha value is -3.00. The van der Waals surface area contributed by atoms with E-state index in [4.69, 9.17) is 14.7 Å². The Morgan fingerprint density at radius 3 is 2.48 bits per heavy atom. The number of para-hydroxylation sites is 1. The molecule has 1 atom stereocenters. The zero-order chi connectivity index (χ0) is 16.7. The van der Waals surface area contributed by atoms with E-state index >= 15 is 0 Å². The van der Waals surface area contributed by atoms with Gasteiger partial charge in [0.05, 0.1) is 17.9 Å². The Balaban J connectivity index is 1.98. The number of anilines is 1. The third-order valence-corrected chi connectivity index (χ3v) is 3.12. The lowest BCUT2D eigenvalue weighted by atomic mass is 10.2. The monoisotopic (exact) mass is 310 g/mol. The van der Waals surface area contributed by atoms with Crippen LogP contribution in [0.25, 0.3) is 0 Å². The van der Waals surface area contributed by atoms with E-state index in [0.29, 0.717) is 23.6 Å². The normalized spacial score (nSPS) is 11.2. The van der Waals surface area contributed by atoms with Crippen LogP contribution in [0.5, 0.6) is 11.5 Å². The van der Waals surface area contributed by atoms with Crippen molar-refractivity contribution in [3.05, 3.63) is 54.1 Å². The van der Waals surface area contributed by atoms with Crippen LogP contribution in [0.4, 0.5) is 5.69 Å². The molecule has 0 heterocycles. The van der Waals surface area contributed by atoms with Crippen LogP contribution in [0, 0.1) is 11.3 Å². The van der Waals surface area contributed by atoms with Gasteiger partial charge < -0.3 is 14.8 Å². The highest BCUT2D eigenvalue weighted by molar-refractivity contribution is 5.95. The fourth-order valence-electron chi connectivity index (χ4n) is 1.96. The largest absolute Gasteiger partial charge is 0.494 e. The molecule has 0 unspecified atom stereocenters. The smallest absolute Gasteiger partial charge is 0.265 e. The van der Waals surface area contributed by atoms with Crippen LogP contribution < -0.4 is 14.8 Å². The topological polar surface area (TPSA) is 71.3 Å². The molecule has 0 aliphatic carbocycles. The van der Waals surface area contributed by atoms with Crippen molar-refractivity contribution in [1.82, 2.24) is 0 Å². The number of amides is 1. The second-order valence-electron chi connectivity index (χ2n) is 4.81. The van der Waals surface area contributed by atoms with Crippen molar-refractivity contribution in [3.8, 4) is 17.6 Å². The summed E-state index contributed by atoms with van der Waals surface area (Å²) in [6.07, 6.45) is -0.695. The summed E-state index contributed by atoms with van der Waals surface area (Å²) in [7, 11) is 0. The van der Waals surface area contributed by atoms with E-state index in [2.05, 4.69) is 5.32 Å². The van der Waals surface area contributed by atoms with Gasteiger partial charge in [0.2, 0.25) is 0 Å². The highest BCUT2D eigenvalue weighted by atomic mass is 16.5. The second kappa shape index (κ2) is 7.85. The lowest BCUT2D eigenvalue weighted by molar-refractivity contribution is -0.122. The number of rotatable bonds is 6. The van der Waals surface area contributed by atoms with Crippen molar-refractivity contribution >= 4 is 11.6 Å². The molecular formula is C18H18N2O3. The SMILES string of the molecule is CCOc1ccc(O[C@H](C)C(=O)Nc2ccccc2C#N)cc1. The molecule has 2 aromatic carbocycles. The molecule has 118 valence electrons. The van der Waals surface area contributed by atoms with E-state index in [0.717, 1.165) is 5.75 Å². The number of nitrogens with zero attached hydrogens (tertiary/aromatic N) is 1. The summed E-state index contributed by atoms with van der Waals surface area (Å²) in [5, 5.41) is 11.7. The zero-order valence-corrected chi connectivity index (χ0v) is 13.1. The Labute approximate surface area is 135 Å². The average molecular weight is 310 g/mol. The molecule has 1 amide bonds. The van der Waals surface area contributed by atoms with E-state index in [1.807, 2.05) is 13.0 Å². The zero-order valence-electron chi connectivity index (χ0n) is 13.1. The lowest BCUT2D eigenvalue weighted by Gasteiger charge is -2.15. The van der Waals surface area contributed by atoms with Gasteiger partial charge in [-0.05, 0) is 50.2 Å². The predicted molar refractivity (Wildman–Crippen MR) is 87.5 cm³/mol. The van der Waals surface area contributed by atoms with Crippen LogP contribution in [0.2, 0.25) is 0 Å². The van der Waals surface area contributed by atoms with Gasteiger partial charge in [0, 0.05) is 0 Å². The van der Waals surface area contributed by atoms with Gasteiger partial charge in [-0.3, -0.25) is 4.79 Å². The van der Waals surface area contributed by atoms with Crippen molar-refractivity contribution in [1.29, 1.82) is 5.26 Å². The summed E-state index contributed by atoms with van der Waals surface area (Å²) in [5.74, 6) is 1.01. The Bertz CT molecular complexity index is 705. The molecular weight excluding hydrogens is 292 g/mol. The number of hydrogen-bond acceptors (Lipinski definition) is 4. The van der Waals surface area contributed by atoms with Crippen molar-refractivity contribution in [2.45, 2.75) is 20.0 Å². The molecule has 0 radical (unpaired) electrons. The van der Waals surface area contributed by atoms with E-state index in [1.54, 1.807) is 55.5 Å². The fourth-order valence-corrected chi connectivity index (χ4v) is 1.96. The number of benzene rings is 2. The first-order valence-electron chi connectivity index (χ1n) is 7.33. The minimum Gasteiger partial charge on any atom is -0.494 e. The molecule has 0 saturated heterocycles. The van der Waals surface area contributed by atoms with Gasteiger partial charge in [-0.15, -0.1) is 0 Å². The maximum Gasteiger partial charge on any atom is 0.265 e.